The molecule has 1 fully saturated rings. The third kappa shape index (κ3) is 3.77. The second-order valence-corrected chi connectivity index (χ2v) is 8.07. The van der Waals surface area contributed by atoms with Gasteiger partial charge < -0.3 is 5.32 Å². The van der Waals surface area contributed by atoms with Gasteiger partial charge in [-0.3, -0.25) is 4.72 Å². The van der Waals surface area contributed by atoms with Crippen LogP contribution < -0.4 is 10.0 Å². The van der Waals surface area contributed by atoms with E-state index in [1.165, 1.54) is 24.2 Å². The van der Waals surface area contributed by atoms with E-state index in [2.05, 4.69) is 10.0 Å². The Balaban J connectivity index is 1.73. The molecule has 0 amide bonds. The first-order valence-electron chi connectivity index (χ1n) is 6.63. The van der Waals surface area contributed by atoms with Crippen LogP contribution in [-0.2, 0) is 16.6 Å². The molecule has 2 aromatic rings. The number of hydrogen-bond donors (Lipinski definition) is 2. The average Bonchev–Trinajstić information content (AvgIpc) is 3.15. The first-order chi connectivity index (χ1) is 10.0. The summed E-state index contributed by atoms with van der Waals surface area (Å²) in [6.07, 6.45) is 2.43. The van der Waals surface area contributed by atoms with Crippen molar-refractivity contribution in [2.45, 2.75) is 30.3 Å². The van der Waals surface area contributed by atoms with Gasteiger partial charge in [0.1, 0.15) is 0 Å². The Morgan fingerprint density at radius 2 is 2.05 bits per heavy atom. The zero-order valence-corrected chi connectivity index (χ0v) is 13.6. The topological polar surface area (TPSA) is 58.2 Å². The van der Waals surface area contributed by atoms with Crippen LogP contribution >= 0.6 is 22.9 Å². The van der Waals surface area contributed by atoms with E-state index in [1.54, 1.807) is 35.7 Å². The van der Waals surface area contributed by atoms with Crippen molar-refractivity contribution in [2.24, 2.45) is 0 Å². The van der Waals surface area contributed by atoms with E-state index in [1.807, 2.05) is 0 Å². The Morgan fingerprint density at radius 1 is 1.29 bits per heavy atom. The number of benzene rings is 1. The number of thiophene rings is 1. The highest BCUT2D eigenvalue weighted by atomic mass is 35.5. The minimum absolute atomic E-state index is 0.278. The molecule has 1 heterocycles. The molecule has 0 atom stereocenters. The van der Waals surface area contributed by atoms with Crippen LogP contribution in [0.3, 0.4) is 0 Å². The third-order valence-electron chi connectivity index (χ3n) is 3.20. The van der Waals surface area contributed by atoms with Crippen LogP contribution in [0.1, 0.15) is 17.7 Å². The lowest BCUT2D eigenvalue weighted by atomic mass is 10.3. The van der Waals surface area contributed by atoms with Crippen molar-refractivity contribution in [2.75, 3.05) is 4.72 Å². The molecular weight excluding hydrogens is 328 g/mol. The molecule has 1 aliphatic carbocycles. The lowest BCUT2D eigenvalue weighted by Gasteiger charge is -2.07. The van der Waals surface area contributed by atoms with Gasteiger partial charge in [0.2, 0.25) is 0 Å². The number of anilines is 1. The van der Waals surface area contributed by atoms with Crippen molar-refractivity contribution < 1.29 is 8.42 Å². The van der Waals surface area contributed by atoms with Crippen molar-refractivity contribution in [3.63, 3.8) is 0 Å². The van der Waals surface area contributed by atoms with Crippen LogP contribution in [0.2, 0.25) is 5.02 Å². The summed E-state index contributed by atoms with van der Waals surface area (Å²) in [6.45, 7) is 0.719. The Bertz CT molecular complexity index is 739. The van der Waals surface area contributed by atoms with E-state index in [9.17, 15) is 8.42 Å². The predicted octanol–water partition coefficient (Wildman–Crippen LogP) is 3.45. The van der Waals surface area contributed by atoms with Crippen molar-refractivity contribution >= 4 is 38.6 Å². The van der Waals surface area contributed by atoms with E-state index >= 15 is 0 Å². The number of rotatable bonds is 6. The molecule has 0 bridgehead atoms. The second-order valence-electron chi connectivity index (χ2n) is 4.99. The maximum Gasteiger partial charge on any atom is 0.262 e. The van der Waals surface area contributed by atoms with Crippen molar-refractivity contribution in [1.82, 2.24) is 5.32 Å². The summed E-state index contributed by atoms with van der Waals surface area (Å²) in [4.78, 5) is 1.29. The van der Waals surface area contributed by atoms with E-state index < -0.39 is 10.0 Å². The molecule has 3 rings (SSSR count). The zero-order chi connectivity index (χ0) is 14.9. The van der Waals surface area contributed by atoms with Gasteiger partial charge in [-0.05, 0) is 31.0 Å². The molecule has 4 nitrogen and oxygen atoms in total. The lowest BCUT2D eigenvalue weighted by molar-refractivity contribution is 0.601. The van der Waals surface area contributed by atoms with Crippen LogP contribution in [0.4, 0.5) is 5.69 Å². The van der Waals surface area contributed by atoms with Crippen LogP contribution in [-0.4, -0.2) is 14.5 Å². The van der Waals surface area contributed by atoms with Gasteiger partial charge in [-0.15, -0.1) is 11.3 Å². The highest BCUT2D eigenvalue weighted by molar-refractivity contribution is 7.92. The van der Waals surface area contributed by atoms with Crippen LogP contribution in [0, 0.1) is 0 Å². The maximum atomic E-state index is 12.3. The Labute approximate surface area is 133 Å². The SMILES string of the molecule is O=S(=O)(Nc1ccccc1Cl)c1csc(CNC2CC2)c1. The van der Waals surface area contributed by atoms with Gasteiger partial charge in [0.05, 0.1) is 15.6 Å². The second kappa shape index (κ2) is 5.96. The molecule has 2 N–H and O–H groups in total. The van der Waals surface area contributed by atoms with Gasteiger partial charge >= 0.3 is 0 Å². The highest BCUT2D eigenvalue weighted by Crippen LogP contribution is 2.27. The molecule has 7 heteroatoms. The summed E-state index contributed by atoms with van der Waals surface area (Å²) < 4.78 is 27.2. The van der Waals surface area contributed by atoms with E-state index in [4.69, 9.17) is 11.6 Å². The quantitative estimate of drug-likeness (QED) is 0.845. The largest absolute Gasteiger partial charge is 0.309 e. The standard InChI is InChI=1S/C14H15ClN2O2S2/c15-13-3-1-2-4-14(13)17-21(18,19)12-7-11(20-9-12)8-16-10-5-6-10/h1-4,7,9-10,16-17H,5-6,8H2. The fourth-order valence-electron chi connectivity index (χ4n) is 1.87. The normalized spacial score (nSPS) is 15.1. The number of hydrogen-bond acceptors (Lipinski definition) is 4. The number of halogens is 1. The van der Waals surface area contributed by atoms with Crippen molar-refractivity contribution in [3.8, 4) is 0 Å². The van der Waals surface area contributed by atoms with Crippen LogP contribution in [0.5, 0.6) is 0 Å². The molecule has 1 aliphatic rings. The van der Waals surface area contributed by atoms with E-state index in [0.29, 0.717) is 16.8 Å². The monoisotopic (exact) mass is 342 g/mol. The first-order valence-corrected chi connectivity index (χ1v) is 9.37. The summed E-state index contributed by atoms with van der Waals surface area (Å²) in [5, 5.41) is 5.41. The van der Waals surface area contributed by atoms with Gasteiger partial charge in [0, 0.05) is 22.8 Å². The minimum Gasteiger partial charge on any atom is -0.309 e. The smallest absolute Gasteiger partial charge is 0.262 e. The highest BCUT2D eigenvalue weighted by Gasteiger charge is 2.21. The summed E-state index contributed by atoms with van der Waals surface area (Å²) >= 11 is 7.43. The number of sulfonamides is 1. The minimum atomic E-state index is -3.59. The molecule has 21 heavy (non-hydrogen) atoms. The average molecular weight is 343 g/mol. The molecule has 0 spiro atoms. The van der Waals surface area contributed by atoms with Gasteiger partial charge in [0.25, 0.3) is 10.0 Å². The Kier molecular flexibility index (Phi) is 4.21. The fraction of sp³-hybridized carbons (Fsp3) is 0.286. The molecule has 112 valence electrons. The van der Waals surface area contributed by atoms with E-state index in [-0.39, 0.29) is 4.90 Å². The molecule has 0 aliphatic heterocycles. The molecule has 0 radical (unpaired) electrons. The van der Waals surface area contributed by atoms with Crippen molar-refractivity contribution in [3.05, 3.63) is 45.6 Å². The maximum absolute atomic E-state index is 12.3. The summed E-state index contributed by atoms with van der Waals surface area (Å²) in [5.74, 6) is 0. The summed E-state index contributed by atoms with van der Waals surface area (Å²) in [6, 6.07) is 9.10. The molecule has 0 saturated heterocycles. The van der Waals surface area contributed by atoms with Gasteiger partial charge in [-0.25, -0.2) is 8.42 Å². The Hall–Kier alpha value is -1.08. The van der Waals surface area contributed by atoms with E-state index in [0.717, 1.165) is 11.4 Å². The lowest BCUT2D eigenvalue weighted by Crippen LogP contribution is -2.15. The molecule has 1 saturated carbocycles. The van der Waals surface area contributed by atoms with Gasteiger partial charge in [-0.2, -0.15) is 0 Å². The van der Waals surface area contributed by atoms with Gasteiger partial charge in [0.15, 0.2) is 0 Å². The molecule has 1 aromatic heterocycles. The first kappa shape index (κ1) is 14.8. The number of para-hydroxylation sites is 1. The fourth-order valence-corrected chi connectivity index (χ4v) is 4.42. The predicted molar refractivity (Wildman–Crippen MR) is 86.4 cm³/mol. The van der Waals surface area contributed by atoms with Crippen molar-refractivity contribution in [1.29, 1.82) is 0 Å². The summed E-state index contributed by atoms with van der Waals surface area (Å²) in [5.41, 5.74) is 0.392. The Morgan fingerprint density at radius 3 is 2.76 bits per heavy atom. The molecule has 0 unspecified atom stereocenters. The van der Waals surface area contributed by atoms with Crippen LogP contribution in [0.15, 0.2) is 40.6 Å². The number of nitrogens with one attached hydrogen (secondary N) is 2. The van der Waals surface area contributed by atoms with Gasteiger partial charge in [-0.1, -0.05) is 23.7 Å². The van der Waals surface area contributed by atoms with Crippen LogP contribution in [0.25, 0.3) is 0 Å². The zero-order valence-electron chi connectivity index (χ0n) is 11.2. The molecular formula is C14H15ClN2O2S2. The summed E-state index contributed by atoms with van der Waals surface area (Å²) in [7, 11) is -3.59. The molecule has 1 aromatic carbocycles. The third-order valence-corrected chi connectivity index (χ3v) is 5.96.